The van der Waals surface area contributed by atoms with Gasteiger partial charge in [-0.3, -0.25) is 9.69 Å². The highest BCUT2D eigenvalue weighted by molar-refractivity contribution is 5.82. The minimum absolute atomic E-state index is 0.181. The number of fused-ring (bicyclic) bond motifs is 1. The lowest BCUT2D eigenvalue weighted by Crippen LogP contribution is -2.46. The summed E-state index contributed by atoms with van der Waals surface area (Å²) in [6, 6.07) is 0.430. The Balaban J connectivity index is 2.45. The fourth-order valence-electron chi connectivity index (χ4n) is 2.66. The molecule has 0 spiro atoms. The number of hydrogen-bond donors (Lipinski definition) is 2. The first-order valence-electron chi connectivity index (χ1n) is 7.61. The standard InChI is InChI=1S/C16H22N2O5/c1-5-9-8-10-11(17-13(9)19)6-7-18(12(10)14(20)21)15(22)23-16(2,3)4/h8,12H,5-7H2,1-4H3,(H,17,19)(H,20,21). The van der Waals surface area contributed by atoms with Gasteiger partial charge >= 0.3 is 12.1 Å². The van der Waals surface area contributed by atoms with Crippen molar-refractivity contribution in [3.05, 3.63) is 33.2 Å². The molecule has 0 radical (unpaired) electrons. The smallest absolute Gasteiger partial charge is 0.411 e. The van der Waals surface area contributed by atoms with Gasteiger partial charge in [0.1, 0.15) is 5.60 Å². The first kappa shape index (κ1) is 17.1. The van der Waals surface area contributed by atoms with Crippen LogP contribution >= 0.6 is 0 Å². The highest BCUT2D eigenvalue weighted by Gasteiger charge is 2.38. The predicted molar refractivity (Wildman–Crippen MR) is 83.5 cm³/mol. The van der Waals surface area contributed by atoms with Crippen molar-refractivity contribution in [2.24, 2.45) is 0 Å². The summed E-state index contributed by atoms with van der Waals surface area (Å²) in [5, 5.41) is 9.59. The average molecular weight is 322 g/mol. The molecule has 7 heteroatoms. The number of aryl methyl sites for hydroxylation is 1. The van der Waals surface area contributed by atoms with Crippen LogP contribution in [0, 0.1) is 0 Å². The van der Waals surface area contributed by atoms with E-state index in [0.717, 1.165) is 0 Å². The van der Waals surface area contributed by atoms with Crippen molar-refractivity contribution in [2.45, 2.75) is 52.2 Å². The predicted octanol–water partition coefficient (Wildman–Crippen LogP) is 1.86. The quantitative estimate of drug-likeness (QED) is 0.865. The van der Waals surface area contributed by atoms with Gasteiger partial charge in [-0.1, -0.05) is 6.92 Å². The number of aromatic amines is 1. The van der Waals surface area contributed by atoms with E-state index in [0.29, 0.717) is 29.7 Å². The van der Waals surface area contributed by atoms with E-state index < -0.39 is 23.7 Å². The van der Waals surface area contributed by atoms with E-state index in [4.69, 9.17) is 4.74 Å². The van der Waals surface area contributed by atoms with Crippen LogP contribution in [0.2, 0.25) is 0 Å². The molecule has 126 valence electrons. The van der Waals surface area contributed by atoms with Crippen LogP contribution in [0.3, 0.4) is 0 Å². The number of hydrogen-bond acceptors (Lipinski definition) is 4. The number of rotatable bonds is 2. The maximum atomic E-state index is 12.3. The van der Waals surface area contributed by atoms with Crippen molar-refractivity contribution >= 4 is 12.1 Å². The molecule has 1 atom stereocenters. The number of carbonyl (C=O) groups is 2. The summed E-state index contributed by atoms with van der Waals surface area (Å²) < 4.78 is 5.30. The molecule has 7 nitrogen and oxygen atoms in total. The van der Waals surface area contributed by atoms with Crippen molar-refractivity contribution in [2.75, 3.05) is 6.54 Å². The SMILES string of the molecule is CCc1cc2c([nH]c1=O)CCN(C(=O)OC(C)(C)C)C2C(=O)O. The Hall–Kier alpha value is -2.31. The first-order chi connectivity index (χ1) is 10.6. The minimum atomic E-state index is -1.16. The maximum absolute atomic E-state index is 12.3. The monoisotopic (exact) mass is 322 g/mol. The Morgan fingerprint density at radius 1 is 1.43 bits per heavy atom. The molecular formula is C16H22N2O5. The fraction of sp³-hybridized carbons (Fsp3) is 0.562. The summed E-state index contributed by atoms with van der Waals surface area (Å²) in [5.74, 6) is -1.15. The Bertz CT molecular complexity index is 687. The first-order valence-corrected chi connectivity index (χ1v) is 7.61. The number of carboxylic acid groups (broad SMARTS) is 1. The third-order valence-corrected chi connectivity index (χ3v) is 3.69. The van der Waals surface area contributed by atoms with Crippen molar-refractivity contribution < 1.29 is 19.4 Å². The Morgan fingerprint density at radius 3 is 2.61 bits per heavy atom. The van der Waals surface area contributed by atoms with Gasteiger partial charge < -0.3 is 14.8 Å². The molecule has 23 heavy (non-hydrogen) atoms. The van der Waals surface area contributed by atoms with Crippen LogP contribution in [-0.4, -0.2) is 39.2 Å². The third-order valence-electron chi connectivity index (χ3n) is 3.69. The highest BCUT2D eigenvalue weighted by atomic mass is 16.6. The zero-order valence-corrected chi connectivity index (χ0v) is 13.8. The van der Waals surface area contributed by atoms with Crippen LogP contribution in [-0.2, 0) is 22.4 Å². The van der Waals surface area contributed by atoms with E-state index in [-0.39, 0.29) is 12.1 Å². The second kappa shape index (κ2) is 6.06. The van der Waals surface area contributed by atoms with Gasteiger partial charge in [-0.15, -0.1) is 0 Å². The summed E-state index contributed by atoms with van der Waals surface area (Å²) in [7, 11) is 0. The molecule has 1 aromatic rings. The van der Waals surface area contributed by atoms with Gasteiger partial charge in [-0.05, 0) is 33.3 Å². The molecule has 2 heterocycles. The number of nitrogens with zero attached hydrogens (tertiary/aromatic N) is 1. The van der Waals surface area contributed by atoms with Gasteiger partial charge in [-0.2, -0.15) is 0 Å². The Labute approximate surface area is 134 Å². The van der Waals surface area contributed by atoms with E-state index in [9.17, 15) is 19.5 Å². The molecule has 1 unspecified atom stereocenters. The summed E-state index contributed by atoms with van der Waals surface area (Å²) in [6.45, 7) is 7.18. The zero-order valence-electron chi connectivity index (χ0n) is 13.8. The number of ether oxygens (including phenoxy) is 1. The molecule has 1 aliphatic rings. The van der Waals surface area contributed by atoms with Crippen LogP contribution in [0.25, 0.3) is 0 Å². The molecule has 0 saturated carbocycles. The average Bonchev–Trinajstić information content (AvgIpc) is 2.43. The van der Waals surface area contributed by atoms with E-state index >= 15 is 0 Å². The largest absolute Gasteiger partial charge is 0.479 e. The van der Waals surface area contributed by atoms with Crippen LogP contribution < -0.4 is 5.56 Å². The Morgan fingerprint density at radius 2 is 2.09 bits per heavy atom. The number of H-pyrrole nitrogens is 1. The summed E-state index contributed by atoms with van der Waals surface area (Å²) >= 11 is 0. The van der Waals surface area contributed by atoms with E-state index in [1.54, 1.807) is 26.8 Å². The van der Waals surface area contributed by atoms with Gasteiger partial charge in [0.2, 0.25) is 0 Å². The van der Waals surface area contributed by atoms with Crippen LogP contribution in [0.5, 0.6) is 0 Å². The van der Waals surface area contributed by atoms with E-state index in [1.165, 1.54) is 4.90 Å². The van der Waals surface area contributed by atoms with Crippen LogP contribution in [0.15, 0.2) is 10.9 Å². The van der Waals surface area contributed by atoms with Gasteiger partial charge in [-0.25, -0.2) is 9.59 Å². The Kier molecular flexibility index (Phi) is 4.49. The summed E-state index contributed by atoms with van der Waals surface area (Å²) in [6.07, 6.45) is 0.207. The molecule has 1 amide bonds. The van der Waals surface area contributed by atoms with Crippen molar-refractivity contribution in [1.82, 2.24) is 9.88 Å². The molecule has 2 rings (SSSR count). The van der Waals surface area contributed by atoms with E-state index in [2.05, 4.69) is 4.98 Å². The van der Waals surface area contributed by atoms with Gasteiger partial charge in [0.05, 0.1) is 0 Å². The lowest BCUT2D eigenvalue weighted by atomic mass is 9.95. The van der Waals surface area contributed by atoms with Gasteiger partial charge in [0, 0.05) is 29.8 Å². The lowest BCUT2D eigenvalue weighted by Gasteiger charge is -2.35. The molecule has 0 fully saturated rings. The molecule has 0 aliphatic carbocycles. The van der Waals surface area contributed by atoms with Gasteiger partial charge in [0.25, 0.3) is 5.56 Å². The van der Waals surface area contributed by atoms with E-state index in [1.807, 2.05) is 6.92 Å². The molecule has 0 saturated heterocycles. The second-order valence-electron chi connectivity index (χ2n) is 6.58. The van der Waals surface area contributed by atoms with Crippen molar-refractivity contribution in [1.29, 1.82) is 0 Å². The third kappa shape index (κ3) is 3.55. The normalized spacial score (nSPS) is 17.6. The number of aromatic nitrogens is 1. The number of carbonyl (C=O) groups excluding carboxylic acids is 1. The number of pyridine rings is 1. The molecule has 2 N–H and O–H groups in total. The number of aliphatic carboxylic acids is 1. The summed E-state index contributed by atoms with van der Waals surface area (Å²) in [4.78, 5) is 39.9. The van der Waals surface area contributed by atoms with Crippen LogP contribution in [0.4, 0.5) is 4.79 Å². The molecule has 1 aromatic heterocycles. The fourth-order valence-corrected chi connectivity index (χ4v) is 2.66. The highest BCUT2D eigenvalue weighted by Crippen LogP contribution is 2.30. The number of carboxylic acids is 1. The number of amides is 1. The van der Waals surface area contributed by atoms with Crippen LogP contribution in [0.1, 0.15) is 50.6 Å². The second-order valence-corrected chi connectivity index (χ2v) is 6.58. The molecule has 0 bridgehead atoms. The van der Waals surface area contributed by atoms with Crippen molar-refractivity contribution in [3.8, 4) is 0 Å². The lowest BCUT2D eigenvalue weighted by molar-refractivity contribution is -0.143. The molecule has 0 aromatic carbocycles. The van der Waals surface area contributed by atoms with Gasteiger partial charge in [0.15, 0.2) is 6.04 Å². The summed E-state index contributed by atoms with van der Waals surface area (Å²) in [5.41, 5.74) is 0.604. The van der Waals surface area contributed by atoms with Crippen molar-refractivity contribution in [3.63, 3.8) is 0 Å². The molecular weight excluding hydrogens is 300 g/mol. The zero-order chi connectivity index (χ0) is 17.4. The maximum Gasteiger partial charge on any atom is 0.411 e. The molecule has 1 aliphatic heterocycles. The topological polar surface area (TPSA) is 99.7 Å². The minimum Gasteiger partial charge on any atom is -0.479 e. The number of nitrogens with one attached hydrogen (secondary N) is 1.